The number of amidine groups is 1. The average Bonchev–Trinajstić information content (AvgIpc) is 2.37. The van der Waals surface area contributed by atoms with Crippen molar-refractivity contribution in [1.82, 2.24) is 0 Å². The number of ether oxygens (including phenoxy) is 1. The molecule has 3 nitrogen and oxygen atoms in total. The van der Waals surface area contributed by atoms with Crippen LogP contribution in [-0.4, -0.2) is 5.84 Å². The molecule has 0 unspecified atom stereocenters. The molecule has 3 heteroatoms. The summed E-state index contributed by atoms with van der Waals surface area (Å²) in [6.45, 7) is 8.11. The van der Waals surface area contributed by atoms with E-state index in [1.807, 2.05) is 45.0 Å². The van der Waals surface area contributed by atoms with Crippen LogP contribution in [0.3, 0.4) is 0 Å². The minimum absolute atomic E-state index is 0.0192. The Morgan fingerprint density at radius 1 is 1.05 bits per heavy atom. The van der Waals surface area contributed by atoms with Crippen LogP contribution in [0.1, 0.15) is 27.8 Å². The topological polar surface area (TPSA) is 59.1 Å². The third-order valence-electron chi connectivity index (χ3n) is 3.48. The first-order valence-corrected chi connectivity index (χ1v) is 6.60. The Hall–Kier alpha value is -2.29. The molecule has 2 aromatic carbocycles. The van der Waals surface area contributed by atoms with E-state index in [1.54, 1.807) is 0 Å². The van der Waals surface area contributed by atoms with Crippen LogP contribution in [0.4, 0.5) is 0 Å². The van der Waals surface area contributed by atoms with Gasteiger partial charge >= 0.3 is 0 Å². The fourth-order valence-electron chi connectivity index (χ4n) is 2.22. The van der Waals surface area contributed by atoms with Crippen molar-refractivity contribution in [3.8, 4) is 11.5 Å². The van der Waals surface area contributed by atoms with Crippen molar-refractivity contribution in [3.05, 3.63) is 58.1 Å². The van der Waals surface area contributed by atoms with E-state index in [1.165, 1.54) is 5.56 Å². The number of para-hydroxylation sites is 1. The molecule has 0 amide bonds. The van der Waals surface area contributed by atoms with Crippen LogP contribution in [0.2, 0.25) is 0 Å². The molecule has 0 saturated carbocycles. The van der Waals surface area contributed by atoms with Gasteiger partial charge in [-0.3, -0.25) is 5.41 Å². The Kier molecular flexibility index (Phi) is 3.79. The van der Waals surface area contributed by atoms with E-state index in [4.69, 9.17) is 15.9 Å². The minimum Gasteiger partial charge on any atom is -0.456 e. The fourth-order valence-corrected chi connectivity index (χ4v) is 2.22. The summed E-state index contributed by atoms with van der Waals surface area (Å²) in [7, 11) is 0. The van der Waals surface area contributed by atoms with Gasteiger partial charge < -0.3 is 10.5 Å². The fraction of sp³-hybridized carbons (Fsp3) is 0.235. The van der Waals surface area contributed by atoms with Gasteiger partial charge in [0.1, 0.15) is 17.3 Å². The molecule has 0 aliphatic rings. The van der Waals surface area contributed by atoms with E-state index in [0.717, 1.165) is 22.4 Å². The second-order valence-corrected chi connectivity index (χ2v) is 5.17. The lowest BCUT2D eigenvalue weighted by Crippen LogP contribution is -2.13. The maximum Gasteiger partial charge on any atom is 0.141 e. The number of nitrogens with two attached hydrogens (primary N) is 1. The van der Waals surface area contributed by atoms with Gasteiger partial charge in [-0.25, -0.2) is 0 Å². The Morgan fingerprint density at radius 2 is 1.75 bits per heavy atom. The van der Waals surface area contributed by atoms with Crippen LogP contribution < -0.4 is 10.5 Å². The SMILES string of the molecule is Cc1cc(C)c(C)c(Oc2c(C)cccc2C(=N)N)c1. The molecule has 0 saturated heterocycles. The Labute approximate surface area is 119 Å². The average molecular weight is 268 g/mol. The number of nitrogens with one attached hydrogen (secondary N) is 1. The van der Waals surface area contributed by atoms with Crippen molar-refractivity contribution in [2.45, 2.75) is 27.7 Å². The Bertz CT molecular complexity index is 675. The zero-order valence-corrected chi connectivity index (χ0v) is 12.4. The van der Waals surface area contributed by atoms with E-state index in [0.29, 0.717) is 11.3 Å². The van der Waals surface area contributed by atoms with Gasteiger partial charge in [0.25, 0.3) is 0 Å². The molecule has 2 aromatic rings. The second-order valence-electron chi connectivity index (χ2n) is 5.17. The summed E-state index contributed by atoms with van der Waals surface area (Å²) in [6, 6.07) is 9.79. The molecular formula is C17H20N2O. The van der Waals surface area contributed by atoms with Crippen LogP contribution in [0, 0.1) is 33.1 Å². The molecule has 0 aliphatic carbocycles. The molecule has 2 rings (SSSR count). The first-order valence-electron chi connectivity index (χ1n) is 6.60. The van der Waals surface area contributed by atoms with Crippen molar-refractivity contribution in [2.24, 2.45) is 5.73 Å². The number of aryl methyl sites for hydroxylation is 3. The monoisotopic (exact) mass is 268 g/mol. The molecule has 0 aliphatic heterocycles. The van der Waals surface area contributed by atoms with Crippen LogP contribution in [0.5, 0.6) is 11.5 Å². The van der Waals surface area contributed by atoms with E-state index >= 15 is 0 Å². The highest BCUT2D eigenvalue weighted by atomic mass is 16.5. The highest BCUT2D eigenvalue weighted by molar-refractivity contribution is 5.98. The molecule has 0 fully saturated rings. The summed E-state index contributed by atoms with van der Waals surface area (Å²) >= 11 is 0. The molecule has 104 valence electrons. The number of benzene rings is 2. The first-order chi connectivity index (χ1) is 9.40. The summed E-state index contributed by atoms with van der Waals surface area (Å²) in [5.41, 5.74) is 10.7. The molecule has 0 bridgehead atoms. The molecule has 20 heavy (non-hydrogen) atoms. The van der Waals surface area contributed by atoms with E-state index < -0.39 is 0 Å². The zero-order chi connectivity index (χ0) is 14.9. The third-order valence-corrected chi connectivity index (χ3v) is 3.48. The van der Waals surface area contributed by atoms with Gasteiger partial charge in [-0.2, -0.15) is 0 Å². The predicted molar refractivity (Wildman–Crippen MR) is 82.9 cm³/mol. The number of nitrogen functional groups attached to an aromatic ring is 1. The third kappa shape index (κ3) is 2.67. The summed E-state index contributed by atoms with van der Waals surface area (Å²) in [5.74, 6) is 1.50. The highest BCUT2D eigenvalue weighted by Gasteiger charge is 2.12. The lowest BCUT2D eigenvalue weighted by Gasteiger charge is -2.16. The van der Waals surface area contributed by atoms with Crippen molar-refractivity contribution >= 4 is 5.84 Å². The summed E-state index contributed by atoms with van der Waals surface area (Å²) in [5, 5.41) is 7.67. The van der Waals surface area contributed by atoms with Crippen LogP contribution >= 0.6 is 0 Å². The van der Waals surface area contributed by atoms with Gasteiger partial charge in [0, 0.05) is 0 Å². The molecule has 0 radical (unpaired) electrons. The molecule has 0 aromatic heterocycles. The van der Waals surface area contributed by atoms with Crippen molar-refractivity contribution in [2.75, 3.05) is 0 Å². The van der Waals surface area contributed by atoms with Crippen LogP contribution in [0.15, 0.2) is 30.3 Å². The standard InChI is InChI=1S/C17H20N2O/c1-10-8-12(3)13(4)15(9-10)20-16-11(2)6-5-7-14(16)17(18)19/h5-9H,1-4H3,(H3,18,19). The maximum atomic E-state index is 7.67. The van der Waals surface area contributed by atoms with Gasteiger partial charge in [0.2, 0.25) is 0 Å². The van der Waals surface area contributed by atoms with Crippen LogP contribution in [-0.2, 0) is 0 Å². The predicted octanol–water partition coefficient (Wildman–Crippen LogP) is 4.00. The van der Waals surface area contributed by atoms with Gasteiger partial charge in [0.15, 0.2) is 0 Å². The molecular weight excluding hydrogens is 248 g/mol. The number of hydrogen-bond donors (Lipinski definition) is 2. The summed E-state index contributed by atoms with van der Waals surface area (Å²) in [4.78, 5) is 0. The van der Waals surface area contributed by atoms with Gasteiger partial charge in [-0.1, -0.05) is 18.2 Å². The van der Waals surface area contributed by atoms with E-state index in [-0.39, 0.29) is 5.84 Å². The molecule has 0 heterocycles. The lowest BCUT2D eigenvalue weighted by atomic mass is 10.1. The lowest BCUT2D eigenvalue weighted by molar-refractivity contribution is 0.473. The van der Waals surface area contributed by atoms with Gasteiger partial charge in [-0.15, -0.1) is 0 Å². The largest absolute Gasteiger partial charge is 0.456 e. The quantitative estimate of drug-likeness (QED) is 0.653. The first kappa shape index (κ1) is 14.1. The molecule has 0 spiro atoms. The van der Waals surface area contributed by atoms with Crippen molar-refractivity contribution in [1.29, 1.82) is 5.41 Å². The summed E-state index contributed by atoms with van der Waals surface area (Å²) < 4.78 is 6.07. The summed E-state index contributed by atoms with van der Waals surface area (Å²) in [6.07, 6.45) is 0. The number of hydrogen-bond acceptors (Lipinski definition) is 2. The smallest absolute Gasteiger partial charge is 0.141 e. The van der Waals surface area contributed by atoms with Crippen molar-refractivity contribution in [3.63, 3.8) is 0 Å². The minimum atomic E-state index is 0.0192. The van der Waals surface area contributed by atoms with E-state index in [2.05, 4.69) is 13.0 Å². The molecule has 3 N–H and O–H groups in total. The van der Waals surface area contributed by atoms with Crippen molar-refractivity contribution < 1.29 is 4.74 Å². The Balaban J connectivity index is 2.53. The number of rotatable bonds is 3. The van der Waals surface area contributed by atoms with Gasteiger partial charge in [0.05, 0.1) is 5.56 Å². The second kappa shape index (κ2) is 5.37. The highest BCUT2D eigenvalue weighted by Crippen LogP contribution is 2.32. The zero-order valence-electron chi connectivity index (χ0n) is 12.4. The van der Waals surface area contributed by atoms with Gasteiger partial charge in [-0.05, 0) is 62.1 Å². The van der Waals surface area contributed by atoms with E-state index in [9.17, 15) is 0 Å². The normalized spacial score (nSPS) is 10.4. The van der Waals surface area contributed by atoms with Crippen LogP contribution in [0.25, 0.3) is 0 Å². The maximum absolute atomic E-state index is 7.67. The molecule has 0 atom stereocenters. The Morgan fingerprint density at radius 3 is 2.40 bits per heavy atom.